The van der Waals surface area contributed by atoms with Gasteiger partial charge >= 0.3 is 0 Å². The van der Waals surface area contributed by atoms with Gasteiger partial charge in [0.1, 0.15) is 0 Å². The molecule has 88 valence electrons. The van der Waals surface area contributed by atoms with Gasteiger partial charge in [0, 0.05) is 11.9 Å². The zero-order chi connectivity index (χ0) is 11.5. The first-order chi connectivity index (χ1) is 7.70. The molecule has 1 aliphatic rings. The molecule has 0 aliphatic heterocycles. The highest BCUT2D eigenvalue weighted by molar-refractivity contribution is 5.19. The van der Waals surface area contributed by atoms with Gasteiger partial charge in [0.25, 0.3) is 0 Å². The predicted octanol–water partition coefficient (Wildman–Crippen LogP) is 2.87. The van der Waals surface area contributed by atoms with Crippen LogP contribution in [0.2, 0.25) is 0 Å². The zero-order valence-corrected chi connectivity index (χ0v) is 10.3. The monoisotopic (exact) mass is 218 g/mol. The first kappa shape index (κ1) is 11.6. The topological polar surface area (TPSA) is 38.9 Å². The number of pyridine rings is 1. The molecule has 1 saturated carbocycles. The fraction of sp³-hybridized carbons (Fsp3) is 0.643. The summed E-state index contributed by atoms with van der Waals surface area (Å²) in [5.74, 6) is 2.11. The molecule has 16 heavy (non-hydrogen) atoms. The van der Waals surface area contributed by atoms with E-state index in [2.05, 4.69) is 24.0 Å². The number of aromatic nitrogens is 1. The lowest BCUT2D eigenvalue weighted by molar-refractivity contribution is 0.253. The van der Waals surface area contributed by atoms with E-state index in [-0.39, 0.29) is 0 Å². The maximum atomic E-state index is 5.89. The van der Waals surface area contributed by atoms with Gasteiger partial charge in [-0.15, -0.1) is 0 Å². The number of rotatable bonds is 2. The van der Waals surface area contributed by atoms with E-state index in [1.165, 1.54) is 24.8 Å². The Labute approximate surface area is 98.3 Å². The summed E-state index contributed by atoms with van der Waals surface area (Å²) in [5.41, 5.74) is 8.36. The van der Waals surface area contributed by atoms with Gasteiger partial charge in [-0.2, -0.15) is 0 Å². The van der Waals surface area contributed by atoms with Crippen molar-refractivity contribution in [3.05, 3.63) is 29.6 Å². The van der Waals surface area contributed by atoms with Crippen LogP contribution in [0.1, 0.15) is 43.4 Å². The second-order valence-corrected chi connectivity index (χ2v) is 5.25. The van der Waals surface area contributed by atoms with Crippen LogP contribution in [-0.2, 0) is 0 Å². The summed E-state index contributed by atoms with van der Waals surface area (Å²) in [6.45, 7) is 5.19. The molecule has 2 nitrogen and oxygen atoms in total. The Balaban J connectivity index is 2.18. The molecule has 0 spiro atoms. The normalized spacial score (nSPS) is 30.3. The molecule has 1 heterocycles. The summed E-state index contributed by atoms with van der Waals surface area (Å²) in [6, 6.07) is 4.34. The van der Waals surface area contributed by atoms with E-state index in [0.717, 1.165) is 18.2 Å². The second kappa shape index (κ2) is 4.96. The lowest BCUT2D eigenvalue weighted by Gasteiger charge is -2.34. The van der Waals surface area contributed by atoms with Gasteiger partial charge in [0.15, 0.2) is 0 Å². The van der Waals surface area contributed by atoms with Gasteiger partial charge in [-0.05, 0) is 55.7 Å². The van der Waals surface area contributed by atoms with Gasteiger partial charge in [-0.1, -0.05) is 19.4 Å². The van der Waals surface area contributed by atoms with Crippen LogP contribution in [-0.4, -0.2) is 11.5 Å². The number of nitrogens with zero attached hydrogens (tertiary/aromatic N) is 1. The molecule has 1 fully saturated rings. The fourth-order valence-electron chi connectivity index (χ4n) is 2.83. The third-order valence-electron chi connectivity index (χ3n) is 3.92. The zero-order valence-electron chi connectivity index (χ0n) is 10.3. The quantitative estimate of drug-likeness (QED) is 0.829. The maximum Gasteiger partial charge on any atom is 0.0372 e. The van der Waals surface area contributed by atoms with E-state index in [9.17, 15) is 0 Å². The van der Waals surface area contributed by atoms with E-state index in [1.54, 1.807) is 0 Å². The van der Waals surface area contributed by atoms with E-state index in [4.69, 9.17) is 5.73 Å². The van der Waals surface area contributed by atoms with Crippen LogP contribution >= 0.6 is 0 Å². The highest BCUT2D eigenvalue weighted by Gasteiger charge is 2.28. The first-order valence-electron chi connectivity index (χ1n) is 6.33. The van der Waals surface area contributed by atoms with Crippen LogP contribution in [0.3, 0.4) is 0 Å². The summed E-state index contributed by atoms with van der Waals surface area (Å²) in [4.78, 5) is 4.41. The molecule has 1 aromatic rings. The van der Waals surface area contributed by atoms with Crippen LogP contribution in [0.25, 0.3) is 0 Å². The average Bonchev–Trinajstić information content (AvgIpc) is 2.30. The lowest BCUT2D eigenvalue weighted by Crippen LogP contribution is -2.28. The maximum absolute atomic E-state index is 5.89. The van der Waals surface area contributed by atoms with Crippen molar-refractivity contribution in [2.45, 2.75) is 39.0 Å². The molecule has 0 bridgehead atoms. The SMILES string of the molecule is Cc1ccc(C2CC(C)CCC2CN)cn1. The van der Waals surface area contributed by atoms with Crippen LogP contribution in [0.5, 0.6) is 0 Å². The van der Waals surface area contributed by atoms with Crippen molar-refractivity contribution >= 4 is 0 Å². The van der Waals surface area contributed by atoms with Crippen LogP contribution < -0.4 is 5.73 Å². The molecule has 2 rings (SSSR count). The Hall–Kier alpha value is -0.890. The molecule has 1 aromatic heterocycles. The molecule has 1 aliphatic carbocycles. The number of hydrogen-bond acceptors (Lipinski definition) is 2. The van der Waals surface area contributed by atoms with Crippen molar-refractivity contribution in [1.29, 1.82) is 0 Å². The van der Waals surface area contributed by atoms with Gasteiger partial charge < -0.3 is 5.73 Å². The van der Waals surface area contributed by atoms with Crippen molar-refractivity contribution in [1.82, 2.24) is 4.98 Å². The van der Waals surface area contributed by atoms with Crippen LogP contribution in [0, 0.1) is 18.8 Å². The molecular formula is C14H22N2. The number of hydrogen-bond donors (Lipinski definition) is 1. The molecule has 2 N–H and O–H groups in total. The summed E-state index contributed by atoms with van der Waals surface area (Å²) < 4.78 is 0. The molecule has 0 amide bonds. The smallest absolute Gasteiger partial charge is 0.0372 e. The highest BCUT2D eigenvalue weighted by atomic mass is 14.7. The molecule has 0 saturated heterocycles. The Kier molecular flexibility index (Phi) is 3.59. The molecule has 2 heteroatoms. The minimum absolute atomic E-state index is 0.627. The van der Waals surface area contributed by atoms with Crippen molar-refractivity contribution in [2.24, 2.45) is 17.6 Å². The van der Waals surface area contributed by atoms with Crippen molar-refractivity contribution < 1.29 is 0 Å². The van der Waals surface area contributed by atoms with Crippen molar-refractivity contribution in [3.63, 3.8) is 0 Å². The number of aryl methyl sites for hydroxylation is 1. The summed E-state index contributed by atoms with van der Waals surface area (Å²) >= 11 is 0. The van der Waals surface area contributed by atoms with E-state index < -0.39 is 0 Å². The molecular weight excluding hydrogens is 196 g/mol. The third kappa shape index (κ3) is 2.43. The Morgan fingerprint density at radius 1 is 1.38 bits per heavy atom. The standard InChI is InChI=1S/C14H22N2/c1-10-3-5-12(8-15)14(7-10)13-6-4-11(2)16-9-13/h4,6,9-10,12,14H,3,5,7-8,15H2,1-2H3. The first-order valence-corrected chi connectivity index (χ1v) is 6.33. The third-order valence-corrected chi connectivity index (χ3v) is 3.92. The fourth-order valence-corrected chi connectivity index (χ4v) is 2.83. The minimum Gasteiger partial charge on any atom is -0.330 e. The molecule has 3 atom stereocenters. The van der Waals surface area contributed by atoms with Crippen LogP contribution in [0.15, 0.2) is 18.3 Å². The van der Waals surface area contributed by atoms with Gasteiger partial charge in [0.2, 0.25) is 0 Å². The van der Waals surface area contributed by atoms with E-state index in [1.807, 2.05) is 13.1 Å². The molecule has 0 aromatic carbocycles. The van der Waals surface area contributed by atoms with Crippen molar-refractivity contribution in [3.8, 4) is 0 Å². The Morgan fingerprint density at radius 3 is 2.81 bits per heavy atom. The van der Waals surface area contributed by atoms with Crippen molar-refractivity contribution in [2.75, 3.05) is 6.54 Å². The Morgan fingerprint density at radius 2 is 2.19 bits per heavy atom. The average molecular weight is 218 g/mol. The second-order valence-electron chi connectivity index (χ2n) is 5.25. The summed E-state index contributed by atoms with van der Waals surface area (Å²) in [6.07, 6.45) is 5.92. The van der Waals surface area contributed by atoms with Crippen LogP contribution in [0.4, 0.5) is 0 Å². The van der Waals surface area contributed by atoms with Gasteiger partial charge in [-0.3, -0.25) is 4.98 Å². The summed E-state index contributed by atoms with van der Waals surface area (Å²) in [7, 11) is 0. The number of nitrogens with two attached hydrogens (primary N) is 1. The molecule has 3 unspecified atom stereocenters. The molecule has 0 radical (unpaired) electrons. The van der Waals surface area contributed by atoms with E-state index in [0.29, 0.717) is 11.8 Å². The van der Waals surface area contributed by atoms with Gasteiger partial charge in [0.05, 0.1) is 0 Å². The lowest BCUT2D eigenvalue weighted by atomic mass is 9.72. The minimum atomic E-state index is 0.627. The predicted molar refractivity (Wildman–Crippen MR) is 67.3 cm³/mol. The largest absolute Gasteiger partial charge is 0.330 e. The summed E-state index contributed by atoms with van der Waals surface area (Å²) in [5, 5.41) is 0. The Bertz CT molecular complexity index is 331. The van der Waals surface area contributed by atoms with Gasteiger partial charge in [-0.25, -0.2) is 0 Å². The highest BCUT2D eigenvalue weighted by Crippen LogP contribution is 2.39. The van der Waals surface area contributed by atoms with E-state index >= 15 is 0 Å².